The van der Waals surface area contributed by atoms with Crippen LogP contribution in [0, 0.1) is 0 Å². The third-order valence-corrected chi connectivity index (χ3v) is 6.00. The highest BCUT2D eigenvalue weighted by molar-refractivity contribution is 9.10. The normalized spacial score (nSPS) is 14.0. The van der Waals surface area contributed by atoms with Crippen molar-refractivity contribution >= 4 is 37.5 Å². The van der Waals surface area contributed by atoms with Crippen molar-refractivity contribution in [2.45, 2.75) is 36.6 Å². The van der Waals surface area contributed by atoms with Crippen LogP contribution in [0.2, 0.25) is 0 Å². The molecule has 0 aliphatic heterocycles. The van der Waals surface area contributed by atoms with Gasteiger partial charge in [0, 0.05) is 22.6 Å². The van der Waals surface area contributed by atoms with E-state index in [1.165, 1.54) is 12.1 Å². The molecule has 1 fully saturated rings. The number of carbonyl (C=O) groups excluding carboxylic acids is 1. The third-order valence-electron chi connectivity index (χ3n) is 3.96. The maximum atomic E-state index is 12.2. The molecule has 1 aliphatic carbocycles. The molecule has 144 valence electrons. The van der Waals surface area contributed by atoms with E-state index in [9.17, 15) is 13.2 Å². The van der Waals surface area contributed by atoms with Gasteiger partial charge in [0.15, 0.2) is 0 Å². The van der Waals surface area contributed by atoms with Crippen LogP contribution in [0.15, 0.2) is 57.9 Å². The highest BCUT2D eigenvalue weighted by Gasteiger charge is 2.28. The summed E-state index contributed by atoms with van der Waals surface area (Å²) in [6.45, 7) is 0.425. The number of sulfonamides is 1. The number of ether oxygens (including phenoxy) is 1. The summed E-state index contributed by atoms with van der Waals surface area (Å²) in [5.74, 6) is 0.568. The number of hydrogen-bond donors (Lipinski definition) is 2. The van der Waals surface area contributed by atoms with Crippen LogP contribution in [0.5, 0.6) is 5.75 Å². The average Bonchev–Trinajstić information content (AvgIpc) is 3.44. The maximum Gasteiger partial charge on any atom is 0.240 e. The Morgan fingerprint density at radius 2 is 1.89 bits per heavy atom. The summed E-state index contributed by atoms with van der Waals surface area (Å²) in [5, 5.41) is 2.74. The Balaban J connectivity index is 1.46. The van der Waals surface area contributed by atoms with Crippen molar-refractivity contribution in [1.29, 1.82) is 0 Å². The average molecular weight is 453 g/mol. The van der Waals surface area contributed by atoms with Gasteiger partial charge in [0.2, 0.25) is 15.9 Å². The maximum absolute atomic E-state index is 12.2. The van der Waals surface area contributed by atoms with Crippen molar-refractivity contribution in [3.05, 3.63) is 53.0 Å². The Hall–Kier alpha value is -1.90. The van der Waals surface area contributed by atoms with Crippen molar-refractivity contribution in [2.75, 3.05) is 11.9 Å². The van der Waals surface area contributed by atoms with Gasteiger partial charge in [0.25, 0.3) is 0 Å². The predicted molar refractivity (Wildman–Crippen MR) is 107 cm³/mol. The van der Waals surface area contributed by atoms with Crippen molar-refractivity contribution in [3.63, 3.8) is 0 Å². The number of rotatable bonds is 9. The molecule has 0 aromatic heterocycles. The van der Waals surface area contributed by atoms with Crippen LogP contribution in [0.1, 0.15) is 25.7 Å². The monoisotopic (exact) mass is 452 g/mol. The van der Waals surface area contributed by atoms with Crippen LogP contribution in [-0.4, -0.2) is 27.0 Å². The van der Waals surface area contributed by atoms with Gasteiger partial charge in [-0.25, -0.2) is 13.1 Å². The van der Waals surface area contributed by atoms with E-state index in [1.54, 1.807) is 12.1 Å². The molecule has 0 spiro atoms. The topological polar surface area (TPSA) is 84.5 Å². The SMILES string of the molecule is O=C(CCCOc1ccc(Br)cc1)Nc1cccc(S(=O)(=O)NC2CC2)c1. The summed E-state index contributed by atoms with van der Waals surface area (Å²) >= 11 is 3.36. The Morgan fingerprint density at radius 3 is 2.59 bits per heavy atom. The van der Waals surface area contributed by atoms with E-state index in [2.05, 4.69) is 26.0 Å². The Morgan fingerprint density at radius 1 is 1.15 bits per heavy atom. The molecule has 2 aromatic rings. The molecule has 0 atom stereocenters. The zero-order valence-electron chi connectivity index (χ0n) is 14.7. The molecule has 27 heavy (non-hydrogen) atoms. The first-order chi connectivity index (χ1) is 12.9. The summed E-state index contributed by atoms with van der Waals surface area (Å²) in [6.07, 6.45) is 2.59. The zero-order valence-corrected chi connectivity index (χ0v) is 17.1. The summed E-state index contributed by atoms with van der Waals surface area (Å²) in [5.41, 5.74) is 0.465. The molecule has 1 amide bonds. The number of hydrogen-bond acceptors (Lipinski definition) is 4. The lowest BCUT2D eigenvalue weighted by Crippen LogP contribution is -2.25. The molecular formula is C19H21BrN2O4S. The second-order valence-corrected chi connectivity index (χ2v) is 9.01. The van der Waals surface area contributed by atoms with Crippen LogP contribution >= 0.6 is 15.9 Å². The molecule has 3 rings (SSSR count). The lowest BCUT2D eigenvalue weighted by Gasteiger charge is -2.09. The molecule has 1 aliphatic rings. The summed E-state index contributed by atoms with van der Waals surface area (Å²) < 4.78 is 33.7. The van der Waals surface area contributed by atoms with Crippen LogP contribution in [0.4, 0.5) is 5.69 Å². The Kier molecular flexibility index (Phi) is 6.51. The highest BCUT2D eigenvalue weighted by atomic mass is 79.9. The minimum atomic E-state index is -3.53. The van der Waals surface area contributed by atoms with E-state index in [0.29, 0.717) is 18.7 Å². The smallest absolute Gasteiger partial charge is 0.240 e. The first-order valence-electron chi connectivity index (χ1n) is 8.73. The fraction of sp³-hybridized carbons (Fsp3) is 0.316. The highest BCUT2D eigenvalue weighted by Crippen LogP contribution is 2.23. The van der Waals surface area contributed by atoms with Gasteiger partial charge in [-0.15, -0.1) is 0 Å². The van der Waals surface area contributed by atoms with Gasteiger partial charge in [-0.2, -0.15) is 0 Å². The van der Waals surface area contributed by atoms with Crippen molar-refractivity contribution in [3.8, 4) is 5.75 Å². The number of nitrogens with one attached hydrogen (secondary N) is 2. The molecule has 1 saturated carbocycles. The van der Waals surface area contributed by atoms with Crippen molar-refractivity contribution in [1.82, 2.24) is 4.72 Å². The molecule has 0 heterocycles. The van der Waals surface area contributed by atoms with Crippen LogP contribution in [0.25, 0.3) is 0 Å². The van der Waals surface area contributed by atoms with Gasteiger partial charge in [-0.3, -0.25) is 4.79 Å². The first kappa shape index (κ1) is 19.9. The summed E-state index contributed by atoms with van der Waals surface area (Å²) in [7, 11) is -3.53. The Labute approximate surface area is 167 Å². The van der Waals surface area contributed by atoms with E-state index >= 15 is 0 Å². The van der Waals surface area contributed by atoms with Gasteiger partial charge in [0.05, 0.1) is 11.5 Å². The summed E-state index contributed by atoms with van der Waals surface area (Å²) in [4.78, 5) is 12.2. The molecule has 2 N–H and O–H groups in total. The molecule has 6 nitrogen and oxygen atoms in total. The molecule has 0 saturated heterocycles. The predicted octanol–water partition coefficient (Wildman–Crippen LogP) is 3.69. The lowest BCUT2D eigenvalue weighted by atomic mass is 10.2. The second-order valence-electron chi connectivity index (χ2n) is 6.38. The molecule has 0 bridgehead atoms. The fourth-order valence-electron chi connectivity index (χ4n) is 2.41. The van der Waals surface area contributed by atoms with Crippen LogP contribution in [0.3, 0.4) is 0 Å². The second kappa shape index (κ2) is 8.86. The number of amides is 1. The largest absolute Gasteiger partial charge is 0.494 e. The fourth-order valence-corrected chi connectivity index (χ4v) is 4.02. The first-order valence-corrected chi connectivity index (χ1v) is 11.0. The van der Waals surface area contributed by atoms with Gasteiger partial charge >= 0.3 is 0 Å². The van der Waals surface area contributed by atoms with Gasteiger partial charge in [0.1, 0.15) is 5.75 Å². The lowest BCUT2D eigenvalue weighted by molar-refractivity contribution is -0.116. The Bertz CT molecular complexity index is 896. The number of halogens is 1. The number of benzene rings is 2. The summed E-state index contributed by atoms with van der Waals surface area (Å²) in [6, 6.07) is 13.8. The van der Waals surface area contributed by atoms with E-state index in [1.807, 2.05) is 24.3 Å². The zero-order chi connectivity index (χ0) is 19.3. The van der Waals surface area contributed by atoms with Crippen molar-refractivity contribution in [2.24, 2.45) is 0 Å². The van der Waals surface area contributed by atoms with Crippen LogP contribution in [-0.2, 0) is 14.8 Å². The third kappa shape index (κ3) is 6.34. The molecule has 2 aromatic carbocycles. The van der Waals surface area contributed by atoms with Crippen LogP contribution < -0.4 is 14.8 Å². The van der Waals surface area contributed by atoms with E-state index in [-0.39, 0.29) is 23.3 Å². The standard InChI is InChI=1S/C19H21BrN2O4S/c20-14-6-10-17(11-7-14)26-12-2-5-19(23)21-16-3-1-4-18(13-16)27(24,25)22-15-8-9-15/h1,3-4,6-7,10-11,13,15,22H,2,5,8-9,12H2,(H,21,23). The van der Waals surface area contributed by atoms with E-state index in [4.69, 9.17) is 4.74 Å². The van der Waals surface area contributed by atoms with Crippen molar-refractivity contribution < 1.29 is 17.9 Å². The van der Waals surface area contributed by atoms with E-state index < -0.39 is 10.0 Å². The molecule has 0 radical (unpaired) electrons. The number of carbonyl (C=O) groups is 1. The molecule has 8 heteroatoms. The minimum absolute atomic E-state index is 0.0407. The van der Waals surface area contributed by atoms with Gasteiger partial charge in [-0.1, -0.05) is 22.0 Å². The van der Waals surface area contributed by atoms with Gasteiger partial charge in [-0.05, 0) is 61.7 Å². The molecular weight excluding hydrogens is 432 g/mol. The number of anilines is 1. The van der Waals surface area contributed by atoms with Gasteiger partial charge < -0.3 is 10.1 Å². The van der Waals surface area contributed by atoms with E-state index in [0.717, 1.165) is 23.1 Å². The minimum Gasteiger partial charge on any atom is -0.494 e. The molecule has 0 unspecified atom stereocenters. The quantitative estimate of drug-likeness (QED) is 0.568.